The van der Waals surface area contributed by atoms with Crippen molar-refractivity contribution in [1.29, 1.82) is 0 Å². The zero-order valence-corrected chi connectivity index (χ0v) is 13.9. The lowest BCUT2D eigenvalue weighted by Crippen LogP contribution is -2.03. The maximum Gasteiger partial charge on any atom is 0.127 e. The summed E-state index contributed by atoms with van der Waals surface area (Å²) in [5, 5.41) is 20.6. The van der Waals surface area contributed by atoms with Gasteiger partial charge in [0, 0.05) is 18.7 Å². The van der Waals surface area contributed by atoms with Gasteiger partial charge in [-0.2, -0.15) is 0 Å². The third-order valence-electron chi connectivity index (χ3n) is 3.85. The van der Waals surface area contributed by atoms with E-state index >= 15 is 0 Å². The lowest BCUT2D eigenvalue weighted by Gasteiger charge is -2.18. The van der Waals surface area contributed by atoms with Crippen LogP contribution < -0.4 is 4.74 Å². The van der Waals surface area contributed by atoms with Gasteiger partial charge in [-0.05, 0) is 48.6 Å². The number of rotatable bonds is 7. The summed E-state index contributed by atoms with van der Waals surface area (Å²) in [6, 6.07) is 9.05. The summed E-state index contributed by atoms with van der Waals surface area (Å²) in [6.45, 7) is 5.03. The van der Waals surface area contributed by atoms with Gasteiger partial charge in [-0.15, -0.1) is 0 Å². The molecule has 0 spiro atoms. The second-order valence-corrected chi connectivity index (χ2v) is 5.30. The molecule has 0 bridgehead atoms. The zero-order chi connectivity index (χ0) is 16.8. The molecule has 0 unspecified atom stereocenters. The maximum atomic E-state index is 10.4. The molecule has 0 heterocycles. The molecule has 2 rings (SSSR count). The Labute approximate surface area is 137 Å². The van der Waals surface area contributed by atoms with Crippen LogP contribution in [0.15, 0.2) is 30.3 Å². The Morgan fingerprint density at radius 3 is 2.43 bits per heavy atom. The van der Waals surface area contributed by atoms with E-state index in [0.717, 1.165) is 28.0 Å². The molecule has 2 aromatic carbocycles. The molecule has 0 fully saturated rings. The molecule has 4 heteroatoms. The van der Waals surface area contributed by atoms with E-state index in [-0.39, 0.29) is 11.5 Å². The first kappa shape index (κ1) is 17.2. The summed E-state index contributed by atoms with van der Waals surface area (Å²) in [5.74, 6) is 0.952. The average molecular weight is 316 g/mol. The third kappa shape index (κ3) is 3.77. The molecule has 0 aliphatic rings. The number of hydrogen-bond donors (Lipinski definition) is 2. The SMILES string of the molecule is CCOc1cccc(-c2c(O)cc(O)c(CC)c2CCOC)c1. The second kappa shape index (κ2) is 7.88. The first-order valence-electron chi connectivity index (χ1n) is 7.91. The predicted molar refractivity (Wildman–Crippen MR) is 91.3 cm³/mol. The Morgan fingerprint density at radius 2 is 1.78 bits per heavy atom. The first-order valence-corrected chi connectivity index (χ1v) is 7.91. The van der Waals surface area contributed by atoms with Gasteiger partial charge in [-0.3, -0.25) is 0 Å². The van der Waals surface area contributed by atoms with Gasteiger partial charge in [0.05, 0.1) is 13.2 Å². The highest BCUT2D eigenvalue weighted by atomic mass is 16.5. The molecular formula is C19H24O4. The van der Waals surface area contributed by atoms with Crippen LogP contribution in [0, 0.1) is 0 Å². The Hall–Kier alpha value is -2.20. The van der Waals surface area contributed by atoms with E-state index in [2.05, 4.69) is 0 Å². The van der Waals surface area contributed by atoms with Crippen molar-refractivity contribution < 1.29 is 19.7 Å². The quantitative estimate of drug-likeness (QED) is 0.813. The third-order valence-corrected chi connectivity index (χ3v) is 3.85. The van der Waals surface area contributed by atoms with Gasteiger partial charge in [0.2, 0.25) is 0 Å². The van der Waals surface area contributed by atoms with Crippen molar-refractivity contribution >= 4 is 0 Å². The molecule has 0 aliphatic heterocycles. The van der Waals surface area contributed by atoms with Crippen LogP contribution in [0.5, 0.6) is 17.2 Å². The summed E-state index contributed by atoms with van der Waals surface area (Å²) < 4.78 is 10.7. The van der Waals surface area contributed by atoms with Crippen molar-refractivity contribution in [2.45, 2.75) is 26.7 Å². The fourth-order valence-corrected chi connectivity index (χ4v) is 2.85. The molecule has 0 aromatic heterocycles. The van der Waals surface area contributed by atoms with E-state index in [0.29, 0.717) is 26.1 Å². The average Bonchev–Trinajstić information content (AvgIpc) is 2.53. The fraction of sp³-hybridized carbons (Fsp3) is 0.368. The highest BCUT2D eigenvalue weighted by Crippen LogP contribution is 2.40. The molecular weight excluding hydrogens is 292 g/mol. The monoisotopic (exact) mass is 316 g/mol. The van der Waals surface area contributed by atoms with Crippen molar-refractivity contribution in [3.63, 3.8) is 0 Å². The van der Waals surface area contributed by atoms with E-state index in [4.69, 9.17) is 9.47 Å². The number of aromatic hydroxyl groups is 2. The van der Waals surface area contributed by atoms with Crippen molar-refractivity contribution in [3.05, 3.63) is 41.5 Å². The van der Waals surface area contributed by atoms with E-state index in [1.807, 2.05) is 38.1 Å². The topological polar surface area (TPSA) is 58.9 Å². The molecule has 4 nitrogen and oxygen atoms in total. The van der Waals surface area contributed by atoms with Crippen LogP contribution in [0.4, 0.5) is 0 Å². The molecule has 23 heavy (non-hydrogen) atoms. The fourth-order valence-electron chi connectivity index (χ4n) is 2.85. The molecule has 0 amide bonds. The van der Waals surface area contributed by atoms with Gasteiger partial charge in [0.15, 0.2) is 0 Å². The van der Waals surface area contributed by atoms with Crippen LogP contribution in [-0.4, -0.2) is 30.5 Å². The zero-order valence-electron chi connectivity index (χ0n) is 13.9. The molecule has 0 radical (unpaired) electrons. The molecule has 2 N–H and O–H groups in total. The van der Waals surface area contributed by atoms with Gasteiger partial charge in [-0.1, -0.05) is 19.1 Å². The molecule has 0 atom stereocenters. The minimum Gasteiger partial charge on any atom is -0.508 e. The largest absolute Gasteiger partial charge is 0.508 e. The standard InChI is InChI=1S/C19H24O4/c1-4-15-16(9-10-22-3)19(18(21)12-17(15)20)13-7-6-8-14(11-13)23-5-2/h6-8,11-12,20-21H,4-5,9-10H2,1-3H3. The summed E-state index contributed by atoms with van der Waals surface area (Å²) in [6.07, 6.45) is 1.30. The molecule has 124 valence electrons. The highest BCUT2D eigenvalue weighted by molar-refractivity contribution is 5.77. The molecule has 0 saturated carbocycles. The highest BCUT2D eigenvalue weighted by Gasteiger charge is 2.18. The number of benzene rings is 2. The van der Waals surface area contributed by atoms with Crippen LogP contribution in [0.1, 0.15) is 25.0 Å². The Balaban J connectivity index is 2.61. The van der Waals surface area contributed by atoms with Crippen LogP contribution in [0.2, 0.25) is 0 Å². The van der Waals surface area contributed by atoms with E-state index in [1.165, 1.54) is 6.07 Å². The van der Waals surface area contributed by atoms with Gasteiger partial charge in [0.1, 0.15) is 17.2 Å². The number of phenolic OH excluding ortho intramolecular Hbond substituents is 2. The smallest absolute Gasteiger partial charge is 0.127 e. The van der Waals surface area contributed by atoms with Crippen molar-refractivity contribution in [1.82, 2.24) is 0 Å². The summed E-state index contributed by atoms with van der Waals surface area (Å²) in [4.78, 5) is 0. The van der Waals surface area contributed by atoms with Gasteiger partial charge >= 0.3 is 0 Å². The predicted octanol–water partition coefficient (Wildman–Crippen LogP) is 3.91. The number of hydrogen-bond acceptors (Lipinski definition) is 4. The molecule has 2 aromatic rings. The normalized spacial score (nSPS) is 10.7. The van der Waals surface area contributed by atoms with Crippen molar-refractivity contribution in [3.8, 4) is 28.4 Å². The lowest BCUT2D eigenvalue weighted by molar-refractivity contribution is 0.202. The Bertz CT molecular complexity index is 665. The first-order chi connectivity index (χ1) is 11.1. The molecule has 0 saturated heterocycles. The van der Waals surface area contributed by atoms with E-state index in [1.54, 1.807) is 7.11 Å². The van der Waals surface area contributed by atoms with Crippen LogP contribution >= 0.6 is 0 Å². The van der Waals surface area contributed by atoms with Gasteiger partial charge < -0.3 is 19.7 Å². The number of ether oxygens (including phenoxy) is 2. The van der Waals surface area contributed by atoms with Crippen molar-refractivity contribution in [2.24, 2.45) is 0 Å². The molecule has 0 aliphatic carbocycles. The van der Waals surface area contributed by atoms with Crippen molar-refractivity contribution in [2.75, 3.05) is 20.3 Å². The summed E-state index contributed by atoms with van der Waals surface area (Å²) >= 11 is 0. The summed E-state index contributed by atoms with van der Waals surface area (Å²) in [5.41, 5.74) is 3.37. The number of phenols is 2. The van der Waals surface area contributed by atoms with Crippen LogP contribution in [0.25, 0.3) is 11.1 Å². The second-order valence-electron chi connectivity index (χ2n) is 5.30. The van der Waals surface area contributed by atoms with Crippen LogP contribution in [0.3, 0.4) is 0 Å². The van der Waals surface area contributed by atoms with E-state index < -0.39 is 0 Å². The Morgan fingerprint density at radius 1 is 1.00 bits per heavy atom. The number of methoxy groups -OCH3 is 1. The van der Waals surface area contributed by atoms with Crippen LogP contribution in [-0.2, 0) is 17.6 Å². The maximum absolute atomic E-state index is 10.4. The lowest BCUT2D eigenvalue weighted by atomic mass is 9.90. The minimum atomic E-state index is 0.0689. The van der Waals surface area contributed by atoms with Gasteiger partial charge in [-0.25, -0.2) is 0 Å². The Kier molecular flexibility index (Phi) is 5.88. The minimum absolute atomic E-state index is 0.0689. The summed E-state index contributed by atoms with van der Waals surface area (Å²) in [7, 11) is 1.64. The van der Waals surface area contributed by atoms with Gasteiger partial charge in [0.25, 0.3) is 0 Å². The van der Waals surface area contributed by atoms with E-state index in [9.17, 15) is 10.2 Å².